The molecule has 0 bridgehead atoms. The first-order valence-electron chi connectivity index (χ1n) is 14.9. The van der Waals surface area contributed by atoms with Gasteiger partial charge in [0.25, 0.3) is 0 Å². The van der Waals surface area contributed by atoms with Gasteiger partial charge in [0.1, 0.15) is 0 Å². The van der Waals surface area contributed by atoms with Crippen molar-refractivity contribution >= 4 is 21.8 Å². The number of rotatable bonds is 5. The molecular formula is C41H26N4. The predicted molar refractivity (Wildman–Crippen MR) is 183 cm³/mol. The van der Waals surface area contributed by atoms with Crippen molar-refractivity contribution in [2.75, 3.05) is 0 Å². The SMILES string of the molecule is N#Cc1ccc(-c2cc(-c3ccc4c(c3)c3cc(-c5ccccc5)ccc3n4-c3ccccc3)nc(-c3ccccc3)n2)cc1. The second-order valence-corrected chi connectivity index (χ2v) is 11.0. The average molecular weight is 575 g/mol. The standard InChI is InChI=1S/C41H26N4/c42-27-28-16-18-30(19-17-28)37-26-38(44-41(43-37)31-12-6-2-7-13-31)33-21-23-40-36(25-33)35-24-32(29-10-4-1-5-11-29)20-22-39(35)45(40)34-14-8-3-9-15-34/h1-26H. The van der Waals surface area contributed by atoms with E-state index in [1.54, 1.807) is 0 Å². The van der Waals surface area contributed by atoms with Crippen molar-refractivity contribution < 1.29 is 0 Å². The third kappa shape index (κ3) is 4.83. The van der Waals surface area contributed by atoms with Crippen molar-refractivity contribution in [2.24, 2.45) is 0 Å². The minimum absolute atomic E-state index is 0.617. The van der Waals surface area contributed by atoms with Gasteiger partial charge in [0.2, 0.25) is 0 Å². The highest BCUT2D eigenvalue weighted by Gasteiger charge is 2.16. The summed E-state index contributed by atoms with van der Waals surface area (Å²) < 4.78 is 2.33. The van der Waals surface area contributed by atoms with Crippen LogP contribution in [0.2, 0.25) is 0 Å². The summed E-state index contributed by atoms with van der Waals surface area (Å²) in [5.74, 6) is 0.658. The Bertz CT molecular complexity index is 2350. The molecule has 4 nitrogen and oxygen atoms in total. The molecular weight excluding hydrogens is 548 g/mol. The molecule has 0 unspecified atom stereocenters. The van der Waals surface area contributed by atoms with E-state index in [2.05, 4.69) is 95.6 Å². The monoisotopic (exact) mass is 574 g/mol. The zero-order valence-electron chi connectivity index (χ0n) is 24.3. The summed E-state index contributed by atoms with van der Waals surface area (Å²) in [4.78, 5) is 10.0. The number of aromatic nitrogens is 3. The van der Waals surface area contributed by atoms with Crippen LogP contribution in [0, 0.1) is 11.3 Å². The summed E-state index contributed by atoms with van der Waals surface area (Å²) in [6.07, 6.45) is 0. The fourth-order valence-electron chi connectivity index (χ4n) is 6.02. The van der Waals surface area contributed by atoms with Gasteiger partial charge in [-0.2, -0.15) is 5.26 Å². The van der Waals surface area contributed by atoms with Crippen LogP contribution in [-0.2, 0) is 0 Å². The summed E-state index contributed by atoms with van der Waals surface area (Å²) in [5, 5.41) is 11.7. The van der Waals surface area contributed by atoms with Gasteiger partial charge in [0.05, 0.1) is 34.1 Å². The third-order valence-corrected chi connectivity index (χ3v) is 8.25. The second kappa shape index (κ2) is 11.1. The molecule has 210 valence electrons. The van der Waals surface area contributed by atoms with E-state index in [-0.39, 0.29) is 0 Å². The largest absolute Gasteiger partial charge is 0.309 e. The fraction of sp³-hybridized carbons (Fsp3) is 0. The molecule has 0 amide bonds. The lowest BCUT2D eigenvalue weighted by atomic mass is 10.0. The number of nitrogens with zero attached hydrogens (tertiary/aromatic N) is 4. The summed E-state index contributed by atoms with van der Waals surface area (Å²) in [6, 6.07) is 56.2. The van der Waals surface area contributed by atoms with Crippen LogP contribution in [-0.4, -0.2) is 14.5 Å². The highest BCUT2D eigenvalue weighted by Crippen LogP contribution is 2.37. The zero-order valence-corrected chi connectivity index (χ0v) is 24.3. The average Bonchev–Trinajstić information content (AvgIpc) is 3.45. The van der Waals surface area contributed by atoms with Crippen LogP contribution in [0.4, 0.5) is 0 Å². The Morgan fingerprint density at radius 1 is 0.444 bits per heavy atom. The summed E-state index contributed by atoms with van der Waals surface area (Å²) in [7, 11) is 0. The minimum atomic E-state index is 0.617. The number of benzene rings is 6. The topological polar surface area (TPSA) is 54.5 Å². The molecule has 2 heterocycles. The molecule has 0 saturated carbocycles. The maximum absolute atomic E-state index is 9.33. The highest BCUT2D eigenvalue weighted by atomic mass is 15.0. The van der Waals surface area contributed by atoms with Crippen LogP contribution in [0.3, 0.4) is 0 Å². The zero-order chi connectivity index (χ0) is 30.2. The molecule has 0 aliphatic rings. The van der Waals surface area contributed by atoms with Crippen LogP contribution in [0.25, 0.3) is 72.5 Å². The Hall–Kier alpha value is -6.31. The van der Waals surface area contributed by atoms with Crippen LogP contribution < -0.4 is 0 Å². The first kappa shape index (κ1) is 26.3. The molecule has 8 rings (SSSR count). The van der Waals surface area contributed by atoms with Gasteiger partial charge in [-0.3, -0.25) is 0 Å². The molecule has 0 N–H and O–H groups in total. The molecule has 0 radical (unpaired) electrons. The molecule has 0 fully saturated rings. The third-order valence-electron chi connectivity index (χ3n) is 8.25. The molecule has 0 aliphatic heterocycles. The van der Waals surface area contributed by atoms with Crippen LogP contribution in [0.1, 0.15) is 5.56 Å². The maximum atomic E-state index is 9.33. The van der Waals surface area contributed by atoms with Gasteiger partial charge in [0, 0.05) is 33.2 Å². The Kier molecular flexibility index (Phi) is 6.48. The Balaban J connectivity index is 1.36. The lowest BCUT2D eigenvalue weighted by Gasteiger charge is -2.10. The highest BCUT2D eigenvalue weighted by molar-refractivity contribution is 6.11. The summed E-state index contributed by atoms with van der Waals surface area (Å²) in [5.41, 5.74) is 10.9. The number of nitriles is 1. The van der Waals surface area contributed by atoms with E-state index in [1.807, 2.05) is 72.8 Å². The Labute approximate surface area is 261 Å². The molecule has 4 heteroatoms. The van der Waals surface area contributed by atoms with Crippen molar-refractivity contribution in [3.63, 3.8) is 0 Å². The van der Waals surface area contributed by atoms with Crippen LogP contribution in [0.5, 0.6) is 0 Å². The van der Waals surface area contributed by atoms with Crippen molar-refractivity contribution in [3.05, 3.63) is 163 Å². The van der Waals surface area contributed by atoms with Gasteiger partial charge >= 0.3 is 0 Å². The van der Waals surface area contributed by atoms with E-state index >= 15 is 0 Å². The molecule has 0 spiro atoms. The normalized spacial score (nSPS) is 11.1. The van der Waals surface area contributed by atoms with Gasteiger partial charge in [-0.05, 0) is 65.7 Å². The lowest BCUT2D eigenvalue weighted by Crippen LogP contribution is -1.96. The first-order chi connectivity index (χ1) is 22.2. The fourth-order valence-corrected chi connectivity index (χ4v) is 6.02. The smallest absolute Gasteiger partial charge is 0.160 e. The van der Waals surface area contributed by atoms with Gasteiger partial charge < -0.3 is 4.57 Å². The second-order valence-electron chi connectivity index (χ2n) is 11.0. The van der Waals surface area contributed by atoms with Gasteiger partial charge in [0.15, 0.2) is 5.82 Å². The molecule has 6 aromatic carbocycles. The number of hydrogen-bond donors (Lipinski definition) is 0. The summed E-state index contributed by atoms with van der Waals surface area (Å²) >= 11 is 0. The lowest BCUT2D eigenvalue weighted by molar-refractivity contribution is 1.18. The van der Waals surface area contributed by atoms with Crippen molar-refractivity contribution in [2.45, 2.75) is 0 Å². The van der Waals surface area contributed by atoms with E-state index in [0.717, 1.165) is 50.2 Å². The Morgan fingerprint density at radius 2 is 0.956 bits per heavy atom. The molecule has 2 aromatic heterocycles. The van der Waals surface area contributed by atoms with Gasteiger partial charge in [-0.25, -0.2) is 9.97 Å². The summed E-state index contributed by atoms with van der Waals surface area (Å²) in [6.45, 7) is 0. The predicted octanol–water partition coefficient (Wildman–Crippen LogP) is 10.1. The van der Waals surface area contributed by atoms with E-state index in [1.165, 1.54) is 16.5 Å². The van der Waals surface area contributed by atoms with Crippen molar-refractivity contribution in [1.29, 1.82) is 5.26 Å². The molecule has 45 heavy (non-hydrogen) atoms. The Morgan fingerprint density at radius 3 is 1.58 bits per heavy atom. The van der Waals surface area contributed by atoms with Crippen LogP contribution in [0.15, 0.2) is 158 Å². The van der Waals surface area contributed by atoms with E-state index < -0.39 is 0 Å². The van der Waals surface area contributed by atoms with Gasteiger partial charge in [-0.15, -0.1) is 0 Å². The van der Waals surface area contributed by atoms with E-state index in [9.17, 15) is 5.26 Å². The van der Waals surface area contributed by atoms with E-state index in [0.29, 0.717) is 11.4 Å². The molecule has 0 saturated heterocycles. The number of fused-ring (bicyclic) bond motifs is 3. The molecule has 0 aliphatic carbocycles. The minimum Gasteiger partial charge on any atom is -0.309 e. The van der Waals surface area contributed by atoms with Gasteiger partial charge in [-0.1, -0.05) is 103 Å². The molecule has 0 atom stereocenters. The number of para-hydroxylation sites is 1. The maximum Gasteiger partial charge on any atom is 0.160 e. The van der Waals surface area contributed by atoms with Crippen molar-refractivity contribution in [3.8, 4) is 56.8 Å². The van der Waals surface area contributed by atoms with E-state index in [4.69, 9.17) is 9.97 Å². The first-order valence-corrected chi connectivity index (χ1v) is 14.9. The quantitative estimate of drug-likeness (QED) is 0.205. The van der Waals surface area contributed by atoms with Crippen LogP contribution >= 0.6 is 0 Å². The molecule has 8 aromatic rings. The number of hydrogen-bond acceptors (Lipinski definition) is 3. The van der Waals surface area contributed by atoms with Crippen molar-refractivity contribution in [1.82, 2.24) is 14.5 Å².